The van der Waals surface area contributed by atoms with E-state index in [-0.39, 0.29) is 17.3 Å². The molecule has 0 radical (unpaired) electrons. The molecule has 2 N–H and O–H groups in total. The van der Waals surface area contributed by atoms with Crippen LogP contribution < -0.4 is 10.6 Å². The number of hydrogen-bond donors (Lipinski definition) is 2. The number of anilines is 1. The number of carbonyl (C=O) groups is 1. The van der Waals surface area contributed by atoms with Gasteiger partial charge in [0.25, 0.3) is 0 Å². The maximum atomic E-state index is 12.1. The molecule has 1 fully saturated rings. The van der Waals surface area contributed by atoms with Crippen LogP contribution in [0, 0.1) is 5.41 Å². The summed E-state index contributed by atoms with van der Waals surface area (Å²) < 4.78 is 0. The highest BCUT2D eigenvalue weighted by Crippen LogP contribution is 2.30. The van der Waals surface area contributed by atoms with Gasteiger partial charge in [0.1, 0.15) is 0 Å². The van der Waals surface area contributed by atoms with Crippen LogP contribution in [0.15, 0.2) is 12.4 Å². The third-order valence-corrected chi connectivity index (χ3v) is 3.11. The van der Waals surface area contributed by atoms with Gasteiger partial charge in [0.15, 0.2) is 0 Å². The van der Waals surface area contributed by atoms with E-state index in [9.17, 15) is 4.79 Å². The number of carbonyl (C=O) groups excluding carboxylic acids is 1. The largest absolute Gasteiger partial charge is 0.316 e. The monoisotopic (exact) mass is 221 g/mol. The van der Waals surface area contributed by atoms with Gasteiger partial charge >= 0.3 is 0 Å². The van der Waals surface area contributed by atoms with Crippen LogP contribution in [-0.2, 0) is 4.79 Å². The van der Waals surface area contributed by atoms with Gasteiger partial charge in [-0.1, -0.05) is 6.92 Å². The molecule has 1 aliphatic rings. The molecule has 1 amide bonds. The van der Waals surface area contributed by atoms with E-state index in [0.717, 1.165) is 25.9 Å². The molecular formula is C10H15N5O. The Bertz CT molecular complexity index is 361. The second kappa shape index (κ2) is 4.52. The Hall–Kier alpha value is -1.56. The highest BCUT2D eigenvalue weighted by molar-refractivity contribution is 5.94. The SMILES string of the molecule is CCC1(C(=O)Nc2nccnn2)CCNC1. The minimum Gasteiger partial charge on any atom is -0.316 e. The summed E-state index contributed by atoms with van der Waals surface area (Å²) in [6.45, 7) is 3.63. The topological polar surface area (TPSA) is 79.8 Å². The number of amides is 1. The molecular weight excluding hydrogens is 206 g/mol. The van der Waals surface area contributed by atoms with Crippen molar-refractivity contribution in [3.05, 3.63) is 12.4 Å². The predicted molar refractivity (Wildman–Crippen MR) is 58.7 cm³/mol. The fourth-order valence-electron chi connectivity index (χ4n) is 1.94. The van der Waals surface area contributed by atoms with Gasteiger partial charge in [0.05, 0.1) is 17.8 Å². The van der Waals surface area contributed by atoms with Crippen LogP contribution in [0.5, 0.6) is 0 Å². The van der Waals surface area contributed by atoms with Crippen LogP contribution in [-0.4, -0.2) is 34.2 Å². The summed E-state index contributed by atoms with van der Waals surface area (Å²) in [5.41, 5.74) is -0.320. The summed E-state index contributed by atoms with van der Waals surface area (Å²) in [6, 6.07) is 0. The minimum absolute atomic E-state index is 0.0204. The Morgan fingerprint density at radius 1 is 1.62 bits per heavy atom. The molecule has 1 aromatic heterocycles. The van der Waals surface area contributed by atoms with Gasteiger partial charge in [-0.2, -0.15) is 5.10 Å². The average molecular weight is 221 g/mol. The van der Waals surface area contributed by atoms with E-state index < -0.39 is 0 Å². The van der Waals surface area contributed by atoms with Gasteiger partial charge < -0.3 is 5.32 Å². The lowest BCUT2D eigenvalue weighted by Crippen LogP contribution is -2.38. The van der Waals surface area contributed by atoms with Gasteiger partial charge in [-0.25, -0.2) is 4.98 Å². The van der Waals surface area contributed by atoms with Crippen LogP contribution >= 0.6 is 0 Å². The van der Waals surface area contributed by atoms with Crippen molar-refractivity contribution >= 4 is 11.9 Å². The van der Waals surface area contributed by atoms with Crippen molar-refractivity contribution in [2.75, 3.05) is 18.4 Å². The third kappa shape index (κ3) is 2.01. The summed E-state index contributed by atoms with van der Waals surface area (Å²) in [5, 5.41) is 13.3. The average Bonchev–Trinajstić information content (AvgIpc) is 2.80. The molecule has 1 saturated heterocycles. The molecule has 1 unspecified atom stereocenters. The molecule has 2 heterocycles. The van der Waals surface area contributed by atoms with Crippen molar-refractivity contribution in [1.29, 1.82) is 0 Å². The molecule has 6 nitrogen and oxygen atoms in total. The summed E-state index contributed by atoms with van der Waals surface area (Å²) in [4.78, 5) is 16.0. The Labute approximate surface area is 93.9 Å². The minimum atomic E-state index is -0.320. The Balaban J connectivity index is 2.07. The van der Waals surface area contributed by atoms with Gasteiger partial charge in [-0.15, -0.1) is 5.10 Å². The second-order valence-electron chi connectivity index (χ2n) is 3.98. The molecule has 0 bridgehead atoms. The zero-order valence-corrected chi connectivity index (χ0v) is 9.23. The van der Waals surface area contributed by atoms with Crippen LogP contribution in [0.4, 0.5) is 5.95 Å². The number of nitrogens with one attached hydrogen (secondary N) is 2. The van der Waals surface area contributed by atoms with E-state index >= 15 is 0 Å². The summed E-state index contributed by atoms with van der Waals surface area (Å²) in [7, 11) is 0. The first-order chi connectivity index (χ1) is 7.77. The van der Waals surface area contributed by atoms with Crippen molar-refractivity contribution in [2.24, 2.45) is 5.41 Å². The van der Waals surface area contributed by atoms with E-state index in [0.29, 0.717) is 0 Å². The first-order valence-corrected chi connectivity index (χ1v) is 5.43. The molecule has 16 heavy (non-hydrogen) atoms. The molecule has 1 atom stereocenters. The standard InChI is InChI=1S/C10H15N5O/c1-2-10(3-4-11-7-10)8(16)14-9-12-5-6-13-15-9/h5-6,11H,2-4,7H2,1H3,(H,12,14,15,16). The van der Waals surface area contributed by atoms with E-state index in [1.807, 2.05) is 6.92 Å². The van der Waals surface area contributed by atoms with Crippen LogP contribution in [0.25, 0.3) is 0 Å². The first kappa shape index (κ1) is 10.9. The second-order valence-corrected chi connectivity index (χ2v) is 3.98. The van der Waals surface area contributed by atoms with Crippen LogP contribution in [0.1, 0.15) is 19.8 Å². The Morgan fingerprint density at radius 3 is 3.06 bits per heavy atom. The lowest BCUT2D eigenvalue weighted by atomic mass is 9.83. The predicted octanol–water partition coefficient (Wildman–Crippen LogP) is 0.200. The lowest BCUT2D eigenvalue weighted by molar-refractivity contribution is -0.124. The fraction of sp³-hybridized carbons (Fsp3) is 0.600. The summed E-state index contributed by atoms with van der Waals surface area (Å²) in [6.07, 6.45) is 4.65. The van der Waals surface area contributed by atoms with E-state index in [4.69, 9.17) is 0 Å². The van der Waals surface area contributed by atoms with E-state index in [1.54, 1.807) is 0 Å². The number of rotatable bonds is 3. The molecule has 0 spiro atoms. The van der Waals surface area contributed by atoms with E-state index in [2.05, 4.69) is 25.8 Å². The van der Waals surface area contributed by atoms with Crippen LogP contribution in [0.2, 0.25) is 0 Å². The van der Waals surface area contributed by atoms with Gasteiger partial charge in [-0.05, 0) is 19.4 Å². The molecule has 1 aromatic rings. The molecule has 6 heteroatoms. The zero-order valence-electron chi connectivity index (χ0n) is 9.23. The molecule has 2 rings (SSSR count). The molecule has 1 aliphatic heterocycles. The van der Waals surface area contributed by atoms with E-state index in [1.165, 1.54) is 12.4 Å². The Morgan fingerprint density at radius 2 is 2.50 bits per heavy atom. The number of hydrogen-bond acceptors (Lipinski definition) is 5. The van der Waals surface area contributed by atoms with Crippen LogP contribution in [0.3, 0.4) is 0 Å². The van der Waals surface area contributed by atoms with Gasteiger partial charge in [0, 0.05) is 6.54 Å². The van der Waals surface area contributed by atoms with Crippen molar-refractivity contribution in [2.45, 2.75) is 19.8 Å². The maximum absolute atomic E-state index is 12.1. The molecule has 86 valence electrons. The molecule has 0 aromatic carbocycles. The Kier molecular flexibility index (Phi) is 3.09. The van der Waals surface area contributed by atoms with Crippen molar-refractivity contribution in [3.63, 3.8) is 0 Å². The number of aromatic nitrogens is 3. The normalized spacial score (nSPS) is 24.3. The summed E-state index contributed by atoms with van der Waals surface area (Å²) in [5.74, 6) is 0.250. The van der Waals surface area contributed by atoms with Gasteiger partial charge in [0.2, 0.25) is 11.9 Å². The first-order valence-electron chi connectivity index (χ1n) is 5.43. The summed E-state index contributed by atoms with van der Waals surface area (Å²) >= 11 is 0. The lowest BCUT2D eigenvalue weighted by Gasteiger charge is -2.24. The van der Waals surface area contributed by atoms with Crippen molar-refractivity contribution in [3.8, 4) is 0 Å². The highest BCUT2D eigenvalue weighted by atomic mass is 16.2. The van der Waals surface area contributed by atoms with Crippen molar-refractivity contribution in [1.82, 2.24) is 20.5 Å². The molecule has 0 aliphatic carbocycles. The molecule has 0 saturated carbocycles. The highest BCUT2D eigenvalue weighted by Gasteiger charge is 2.39. The van der Waals surface area contributed by atoms with Gasteiger partial charge in [-0.3, -0.25) is 10.1 Å². The third-order valence-electron chi connectivity index (χ3n) is 3.11. The number of nitrogens with zero attached hydrogens (tertiary/aromatic N) is 3. The van der Waals surface area contributed by atoms with Crippen molar-refractivity contribution < 1.29 is 4.79 Å². The maximum Gasteiger partial charge on any atom is 0.249 e. The smallest absolute Gasteiger partial charge is 0.249 e. The fourth-order valence-corrected chi connectivity index (χ4v) is 1.94. The quantitative estimate of drug-likeness (QED) is 0.762. The zero-order chi connectivity index (χ0) is 11.4.